The van der Waals surface area contributed by atoms with Crippen LogP contribution in [0.3, 0.4) is 0 Å². The number of amides is 1. The molecule has 2 aromatic rings. The lowest BCUT2D eigenvalue weighted by molar-refractivity contribution is -0.132. The Bertz CT molecular complexity index is 610. The molecule has 4 heteroatoms. The third kappa shape index (κ3) is 4.23. The van der Waals surface area contributed by atoms with Crippen LogP contribution in [-0.4, -0.2) is 41.9 Å². The zero-order chi connectivity index (χ0) is 16.1. The van der Waals surface area contributed by atoms with Crippen molar-refractivity contribution < 1.29 is 9.21 Å². The SMILES string of the molecule is CN(Cc1ccco1)C(=O)CN1CCCC1Cc1ccccc1. The zero-order valence-corrected chi connectivity index (χ0v) is 13.6. The average molecular weight is 312 g/mol. The third-order valence-electron chi connectivity index (χ3n) is 4.55. The van der Waals surface area contributed by atoms with E-state index in [0.717, 1.165) is 18.7 Å². The summed E-state index contributed by atoms with van der Waals surface area (Å²) in [6.07, 6.45) is 5.01. The molecule has 1 aliphatic heterocycles. The van der Waals surface area contributed by atoms with Crippen LogP contribution in [0.4, 0.5) is 0 Å². The molecule has 1 aliphatic rings. The fourth-order valence-corrected chi connectivity index (χ4v) is 3.24. The number of carbonyl (C=O) groups excluding carboxylic acids is 1. The highest BCUT2D eigenvalue weighted by Crippen LogP contribution is 2.21. The normalized spacial score (nSPS) is 18.2. The van der Waals surface area contributed by atoms with Crippen LogP contribution in [-0.2, 0) is 17.8 Å². The van der Waals surface area contributed by atoms with Crippen LogP contribution >= 0.6 is 0 Å². The Kier molecular flexibility index (Phi) is 5.13. The molecule has 1 atom stereocenters. The summed E-state index contributed by atoms with van der Waals surface area (Å²) in [6.45, 7) is 2.04. The summed E-state index contributed by atoms with van der Waals surface area (Å²) in [5.74, 6) is 0.976. The smallest absolute Gasteiger partial charge is 0.236 e. The van der Waals surface area contributed by atoms with E-state index in [1.807, 2.05) is 25.2 Å². The second-order valence-corrected chi connectivity index (χ2v) is 6.29. The van der Waals surface area contributed by atoms with Gasteiger partial charge >= 0.3 is 0 Å². The van der Waals surface area contributed by atoms with Crippen LogP contribution in [0.5, 0.6) is 0 Å². The van der Waals surface area contributed by atoms with Gasteiger partial charge in [0.15, 0.2) is 0 Å². The zero-order valence-electron chi connectivity index (χ0n) is 13.6. The number of likely N-dealkylation sites (N-methyl/N-ethyl adjacent to an activating group) is 1. The van der Waals surface area contributed by atoms with E-state index in [1.165, 1.54) is 18.4 Å². The number of hydrogen-bond donors (Lipinski definition) is 0. The van der Waals surface area contributed by atoms with Crippen molar-refractivity contribution in [1.29, 1.82) is 0 Å². The first-order valence-electron chi connectivity index (χ1n) is 8.26. The fourth-order valence-electron chi connectivity index (χ4n) is 3.24. The van der Waals surface area contributed by atoms with Crippen molar-refractivity contribution in [2.24, 2.45) is 0 Å². The highest BCUT2D eigenvalue weighted by Gasteiger charge is 2.27. The molecule has 23 heavy (non-hydrogen) atoms. The van der Waals surface area contributed by atoms with Gasteiger partial charge in [0.2, 0.25) is 5.91 Å². The standard InChI is InChI=1S/C19H24N2O2/c1-20(14-18-10-6-12-23-18)19(22)15-21-11-5-9-17(21)13-16-7-3-2-4-8-16/h2-4,6-8,10,12,17H,5,9,11,13-15H2,1H3. The maximum atomic E-state index is 12.5. The van der Waals surface area contributed by atoms with E-state index in [4.69, 9.17) is 4.42 Å². The Labute approximate surface area is 137 Å². The Balaban J connectivity index is 1.54. The summed E-state index contributed by atoms with van der Waals surface area (Å²) >= 11 is 0. The van der Waals surface area contributed by atoms with Crippen LogP contribution in [0.15, 0.2) is 53.1 Å². The number of nitrogens with zero attached hydrogens (tertiary/aromatic N) is 2. The van der Waals surface area contributed by atoms with Crippen LogP contribution in [0.25, 0.3) is 0 Å². The van der Waals surface area contributed by atoms with Crippen molar-refractivity contribution in [3.05, 3.63) is 60.1 Å². The van der Waals surface area contributed by atoms with E-state index in [2.05, 4.69) is 29.2 Å². The average Bonchev–Trinajstić information content (AvgIpc) is 3.21. The van der Waals surface area contributed by atoms with Crippen molar-refractivity contribution in [2.75, 3.05) is 20.1 Å². The lowest BCUT2D eigenvalue weighted by atomic mass is 10.0. The minimum atomic E-state index is 0.154. The maximum Gasteiger partial charge on any atom is 0.236 e. The minimum Gasteiger partial charge on any atom is -0.467 e. The van der Waals surface area contributed by atoms with E-state index < -0.39 is 0 Å². The van der Waals surface area contributed by atoms with Crippen molar-refractivity contribution in [2.45, 2.75) is 31.8 Å². The number of rotatable bonds is 6. The van der Waals surface area contributed by atoms with Gasteiger partial charge in [0.25, 0.3) is 0 Å². The number of furan rings is 1. The number of likely N-dealkylation sites (tertiary alicyclic amines) is 1. The summed E-state index contributed by atoms with van der Waals surface area (Å²) in [6, 6.07) is 14.8. The Hall–Kier alpha value is -2.07. The van der Waals surface area contributed by atoms with Gasteiger partial charge in [0.05, 0.1) is 19.4 Å². The first-order valence-corrected chi connectivity index (χ1v) is 8.26. The largest absolute Gasteiger partial charge is 0.467 e. The predicted octanol–water partition coefficient (Wildman–Crippen LogP) is 2.95. The van der Waals surface area contributed by atoms with Gasteiger partial charge in [-0.2, -0.15) is 0 Å². The van der Waals surface area contributed by atoms with Gasteiger partial charge in [0.1, 0.15) is 5.76 Å². The number of carbonyl (C=O) groups is 1. The molecule has 2 heterocycles. The second-order valence-electron chi connectivity index (χ2n) is 6.29. The molecule has 1 fully saturated rings. The number of benzene rings is 1. The van der Waals surface area contributed by atoms with Gasteiger partial charge in [0, 0.05) is 13.1 Å². The monoisotopic (exact) mass is 312 g/mol. The molecule has 122 valence electrons. The Morgan fingerprint density at radius 1 is 1.26 bits per heavy atom. The Morgan fingerprint density at radius 3 is 2.83 bits per heavy atom. The highest BCUT2D eigenvalue weighted by atomic mass is 16.3. The molecule has 0 N–H and O–H groups in total. The second kappa shape index (κ2) is 7.47. The minimum absolute atomic E-state index is 0.154. The highest BCUT2D eigenvalue weighted by molar-refractivity contribution is 5.78. The molecule has 0 saturated carbocycles. The first kappa shape index (κ1) is 15.8. The van der Waals surface area contributed by atoms with E-state index in [9.17, 15) is 4.79 Å². The predicted molar refractivity (Wildman–Crippen MR) is 89.9 cm³/mol. The summed E-state index contributed by atoms with van der Waals surface area (Å²) in [4.78, 5) is 16.5. The topological polar surface area (TPSA) is 36.7 Å². The van der Waals surface area contributed by atoms with E-state index >= 15 is 0 Å². The van der Waals surface area contributed by atoms with E-state index in [-0.39, 0.29) is 5.91 Å². The molecule has 0 aliphatic carbocycles. The number of hydrogen-bond acceptors (Lipinski definition) is 3. The maximum absolute atomic E-state index is 12.5. The summed E-state index contributed by atoms with van der Waals surface area (Å²) in [5, 5.41) is 0. The molecule has 1 aromatic carbocycles. The lowest BCUT2D eigenvalue weighted by Crippen LogP contribution is -2.41. The lowest BCUT2D eigenvalue weighted by Gasteiger charge is -2.26. The molecule has 1 unspecified atom stereocenters. The van der Waals surface area contributed by atoms with Gasteiger partial charge in [-0.1, -0.05) is 30.3 Å². The quantitative estimate of drug-likeness (QED) is 0.823. The molecule has 0 bridgehead atoms. The van der Waals surface area contributed by atoms with E-state index in [1.54, 1.807) is 11.2 Å². The van der Waals surface area contributed by atoms with E-state index in [0.29, 0.717) is 19.1 Å². The van der Waals surface area contributed by atoms with Gasteiger partial charge in [-0.25, -0.2) is 0 Å². The molecule has 0 radical (unpaired) electrons. The molecule has 1 aromatic heterocycles. The molecule has 4 nitrogen and oxygen atoms in total. The van der Waals surface area contributed by atoms with Gasteiger partial charge in [-0.15, -0.1) is 0 Å². The van der Waals surface area contributed by atoms with Crippen LogP contribution in [0.2, 0.25) is 0 Å². The Morgan fingerprint density at radius 2 is 2.09 bits per heavy atom. The molecular formula is C19H24N2O2. The van der Waals surface area contributed by atoms with Gasteiger partial charge < -0.3 is 9.32 Å². The molecular weight excluding hydrogens is 288 g/mol. The van der Waals surface area contributed by atoms with Gasteiger partial charge in [-0.05, 0) is 43.5 Å². The summed E-state index contributed by atoms with van der Waals surface area (Å²) < 4.78 is 5.32. The van der Waals surface area contributed by atoms with Crippen molar-refractivity contribution in [1.82, 2.24) is 9.80 Å². The third-order valence-corrected chi connectivity index (χ3v) is 4.55. The van der Waals surface area contributed by atoms with Crippen molar-refractivity contribution in [3.8, 4) is 0 Å². The van der Waals surface area contributed by atoms with Crippen molar-refractivity contribution >= 4 is 5.91 Å². The van der Waals surface area contributed by atoms with Crippen LogP contribution < -0.4 is 0 Å². The molecule has 0 spiro atoms. The molecule has 3 rings (SSSR count). The summed E-state index contributed by atoms with van der Waals surface area (Å²) in [7, 11) is 1.84. The molecule has 1 amide bonds. The molecule has 1 saturated heterocycles. The first-order chi connectivity index (χ1) is 11.2. The van der Waals surface area contributed by atoms with Crippen molar-refractivity contribution in [3.63, 3.8) is 0 Å². The summed E-state index contributed by atoms with van der Waals surface area (Å²) in [5.41, 5.74) is 1.35. The van der Waals surface area contributed by atoms with Crippen LogP contribution in [0, 0.1) is 0 Å². The van der Waals surface area contributed by atoms with Crippen LogP contribution in [0.1, 0.15) is 24.2 Å². The fraction of sp³-hybridized carbons (Fsp3) is 0.421. The van der Waals surface area contributed by atoms with Gasteiger partial charge in [-0.3, -0.25) is 9.69 Å².